The van der Waals surface area contributed by atoms with Crippen molar-refractivity contribution in [2.24, 2.45) is 0 Å². The van der Waals surface area contributed by atoms with Crippen LogP contribution in [0.1, 0.15) is 18.1 Å². The van der Waals surface area contributed by atoms with E-state index in [1.165, 1.54) is 0 Å². The molecule has 0 spiro atoms. The summed E-state index contributed by atoms with van der Waals surface area (Å²) >= 11 is 0. The third-order valence-electron chi connectivity index (χ3n) is 3.89. The van der Waals surface area contributed by atoms with Crippen LogP contribution in [0.25, 0.3) is 11.8 Å². The van der Waals surface area contributed by atoms with Crippen LogP contribution in [-0.2, 0) is 9.53 Å². The van der Waals surface area contributed by atoms with Gasteiger partial charge in [-0.15, -0.1) is 0 Å². The van der Waals surface area contributed by atoms with E-state index in [0.717, 1.165) is 16.9 Å². The number of hydrogen-bond donors (Lipinski definition) is 0. The zero-order chi connectivity index (χ0) is 17.2. The fourth-order valence-corrected chi connectivity index (χ4v) is 2.70. The maximum Gasteiger partial charge on any atom is 0.343 e. The van der Waals surface area contributed by atoms with Crippen LogP contribution < -0.4 is 14.2 Å². The zero-order valence-corrected chi connectivity index (χ0v) is 13.7. The quantitative estimate of drug-likeness (QED) is 0.628. The second-order valence-electron chi connectivity index (χ2n) is 5.57. The summed E-state index contributed by atoms with van der Waals surface area (Å²) in [7, 11) is 0. The second-order valence-corrected chi connectivity index (χ2v) is 5.57. The highest BCUT2D eigenvalue weighted by atomic mass is 16.7. The molecule has 5 nitrogen and oxygen atoms in total. The minimum Gasteiger partial charge on any atom is -0.494 e. The van der Waals surface area contributed by atoms with Crippen molar-refractivity contribution in [3.63, 3.8) is 0 Å². The molecule has 0 amide bonds. The fraction of sp³-hybridized carbons (Fsp3) is 0.150. The molecule has 2 aliphatic rings. The lowest BCUT2D eigenvalue weighted by Gasteiger charge is -2.05. The van der Waals surface area contributed by atoms with Gasteiger partial charge in [0.1, 0.15) is 11.5 Å². The zero-order valence-electron chi connectivity index (χ0n) is 13.7. The summed E-state index contributed by atoms with van der Waals surface area (Å²) in [6, 6.07) is 13.0. The standard InChI is InChI=1S/C20H16O5/c1-2-22-16-6-4-14(5-7-16)18-11-15(20(21)25-18)9-13-3-8-17-19(10-13)24-12-23-17/h3-11H,2,12H2,1H3/b15-9+. The van der Waals surface area contributed by atoms with Gasteiger partial charge in [-0.25, -0.2) is 4.79 Å². The number of rotatable bonds is 4. The SMILES string of the molecule is CCOc1ccc(C2=C/C(=C\c3ccc4c(c3)OCO4)C(=O)O2)cc1. The van der Waals surface area contributed by atoms with Crippen molar-refractivity contribution in [3.05, 3.63) is 65.2 Å². The number of cyclic esters (lactones) is 1. The summed E-state index contributed by atoms with van der Waals surface area (Å²) in [6.45, 7) is 2.76. The normalized spacial score (nSPS) is 16.8. The van der Waals surface area contributed by atoms with Gasteiger partial charge in [-0.05, 0) is 61.0 Å². The molecule has 2 aliphatic heterocycles. The minimum absolute atomic E-state index is 0.221. The molecule has 0 radical (unpaired) electrons. The summed E-state index contributed by atoms with van der Waals surface area (Å²) in [5, 5.41) is 0. The summed E-state index contributed by atoms with van der Waals surface area (Å²) in [6.07, 6.45) is 3.51. The highest BCUT2D eigenvalue weighted by molar-refractivity contribution is 6.05. The Hall–Kier alpha value is -3.21. The molecule has 0 saturated carbocycles. The molecule has 25 heavy (non-hydrogen) atoms. The number of benzene rings is 2. The molecule has 0 N–H and O–H groups in total. The van der Waals surface area contributed by atoms with E-state index >= 15 is 0 Å². The fourth-order valence-electron chi connectivity index (χ4n) is 2.70. The van der Waals surface area contributed by atoms with Gasteiger partial charge >= 0.3 is 5.97 Å². The first kappa shape index (κ1) is 15.3. The van der Waals surface area contributed by atoms with E-state index in [1.54, 1.807) is 12.2 Å². The average molecular weight is 336 g/mol. The number of carbonyl (C=O) groups excluding carboxylic acids is 1. The van der Waals surface area contributed by atoms with Crippen LogP contribution in [0.3, 0.4) is 0 Å². The molecule has 0 fully saturated rings. The molecule has 2 heterocycles. The monoisotopic (exact) mass is 336 g/mol. The van der Waals surface area contributed by atoms with E-state index in [2.05, 4.69) is 0 Å². The molecule has 0 saturated heterocycles. The topological polar surface area (TPSA) is 54.0 Å². The Morgan fingerprint density at radius 1 is 1.08 bits per heavy atom. The lowest BCUT2D eigenvalue weighted by molar-refractivity contribution is -0.130. The predicted molar refractivity (Wildman–Crippen MR) is 92.2 cm³/mol. The largest absolute Gasteiger partial charge is 0.494 e. The van der Waals surface area contributed by atoms with Crippen molar-refractivity contribution >= 4 is 17.8 Å². The van der Waals surface area contributed by atoms with Crippen molar-refractivity contribution in [1.29, 1.82) is 0 Å². The molecule has 0 aromatic heterocycles. The molecule has 0 aliphatic carbocycles. The first-order valence-corrected chi connectivity index (χ1v) is 8.01. The molecule has 0 unspecified atom stereocenters. The first-order chi connectivity index (χ1) is 12.2. The Bertz CT molecular complexity index is 877. The number of fused-ring (bicyclic) bond motifs is 1. The van der Waals surface area contributed by atoms with Crippen LogP contribution in [-0.4, -0.2) is 19.4 Å². The van der Waals surface area contributed by atoms with Crippen LogP contribution in [0.15, 0.2) is 54.1 Å². The van der Waals surface area contributed by atoms with Crippen molar-refractivity contribution in [3.8, 4) is 17.2 Å². The number of esters is 1. The van der Waals surface area contributed by atoms with E-state index < -0.39 is 0 Å². The lowest BCUT2D eigenvalue weighted by Crippen LogP contribution is -1.97. The molecule has 5 heteroatoms. The molecule has 126 valence electrons. The maximum atomic E-state index is 12.1. The summed E-state index contributed by atoms with van der Waals surface area (Å²) in [5.74, 6) is 2.33. The maximum absolute atomic E-state index is 12.1. The number of carbonyl (C=O) groups is 1. The van der Waals surface area contributed by atoms with Crippen molar-refractivity contribution in [2.45, 2.75) is 6.92 Å². The third-order valence-corrected chi connectivity index (χ3v) is 3.89. The van der Waals surface area contributed by atoms with Gasteiger partial charge in [0, 0.05) is 5.56 Å². The van der Waals surface area contributed by atoms with Gasteiger partial charge in [0.05, 0.1) is 12.2 Å². The van der Waals surface area contributed by atoms with E-state index in [9.17, 15) is 4.79 Å². The predicted octanol–water partition coefficient (Wildman–Crippen LogP) is 3.80. The Morgan fingerprint density at radius 3 is 2.68 bits per heavy atom. The molecule has 2 aromatic carbocycles. The van der Waals surface area contributed by atoms with Crippen molar-refractivity contribution in [2.75, 3.05) is 13.4 Å². The Labute approximate surface area is 145 Å². The van der Waals surface area contributed by atoms with E-state index in [4.69, 9.17) is 18.9 Å². The molecular formula is C20H16O5. The second kappa shape index (κ2) is 6.36. The summed E-state index contributed by atoms with van der Waals surface area (Å²) in [5.41, 5.74) is 2.16. The summed E-state index contributed by atoms with van der Waals surface area (Å²) < 4.78 is 21.4. The van der Waals surface area contributed by atoms with E-state index in [1.807, 2.05) is 49.4 Å². The van der Waals surface area contributed by atoms with Crippen LogP contribution in [0.2, 0.25) is 0 Å². The Balaban J connectivity index is 1.59. The van der Waals surface area contributed by atoms with Crippen LogP contribution >= 0.6 is 0 Å². The Kier molecular flexibility index (Phi) is 3.90. The van der Waals surface area contributed by atoms with E-state index in [0.29, 0.717) is 29.4 Å². The van der Waals surface area contributed by atoms with Gasteiger partial charge in [0.15, 0.2) is 11.5 Å². The van der Waals surface area contributed by atoms with Crippen molar-refractivity contribution in [1.82, 2.24) is 0 Å². The highest BCUT2D eigenvalue weighted by Gasteiger charge is 2.22. The third kappa shape index (κ3) is 3.08. The minimum atomic E-state index is -0.374. The highest BCUT2D eigenvalue weighted by Crippen LogP contribution is 2.34. The number of hydrogen-bond acceptors (Lipinski definition) is 5. The average Bonchev–Trinajstić information content (AvgIpc) is 3.22. The van der Waals surface area contributed by atoms with Crippen molar-refractivity contribution < 1.29 is 23.7 Å². The lowest BCUT2D eigenvalue weighted by atomic mass is 10.1. The molecule has 4 rings (SSSR count). The first-order valence-electron chi connectivity index (χ1n) is 8.01. The molecule has 2 aromatic rings. The molecule has 0 atom stereocenters. The molecule has 0 bridgehead atoms. The summed E-state index contributed by atoms with van der Waals surface area (Å²) in [4.78, 5) is 12.1. The van der Waals surface area contributed by atoms with Crippen LogP contribution in [0.4, 0.5) is 0 Å². The molecular weight excluding hydrogens is 320 g/mol. The Morgan fingerprint density at radius 2 is 1.88 bits per heavy atom. The van der Waals surface area contributed by atoms with Gasteiger partial charge in [-0.2, -0.15) is 0 Å². The van der Waals surface area contributed by atoms with E-state index in [-0.39, 0.29) is 12.8 Å². The van der Waals surface area contributed by atoms with Gasteiger partial charge in [-0.3, -0.25) is 0 Å². The van der Waals surface area contributed by atoms with Crippen LogP contribution in [0.5, 0.6) is 17.2 Å². The van der Waals surface area contributed by atoms with Gasteiger partial charge in [0.2, 0.25) is 6.79 Å². The van der Waals surface area contributed by atoms with Crippen LogP contribution in [0, 0.1) is 0 Å². The van der Waals surface area contributed by atoms with Gasteiger partial charge in [-0.1, -0.05) is 6.07 Å². The number of ether oxygens (including phenoxy) is 4. The smallest absolute Gasteiger partial charge is 0.343 e. The van der Waals surface area contributed by atoms with Gasteiger partial charge in [0.25, 0.3) is 0 Å². The van der Waals surface area contributed by atoms with Gasteiger partial charge < -0.3 is 18.9 Å².